The van der Waals surface area contributed by atoms with E-state index in [1.54, 1.807) is 11.8 Å². The summed E-state index contributed by atoms with van der Waals surface area (Å²) in [6.45, 7) is 4.02. The minimum atomic E-state index is -0.442. The molecule has 124 valence electrons. The Hall–Kier alpha value is -1.49. The first kappa shape index (κ1) is 19.6. The zero-order chi connectivity index (χ0) is 15.9. The van der Waals surface area contributed by atoms with Gasteiger partial charge in [-0.05, 0) is 49.2 Å². The van der Waals surface area contributed by atoms with Gasteiger partial charge in [0.25, 0.3) is 0 Å². The molecule has 0 fully saturated rings. The summed E-state index contributed by atoms with van der Waals surface area (Å²) >= 11 is 1.71. The van der Waals surface area contributed by atoms with Crippen molar-refractivity contribution in [2.45, 2.75) is 42.5 Å². The third-order valence-corrected chi connectivity index (χ3v) is 4.37. The molecular weight excluding hydrogens is 328 g/mol. The minimum Gasteiger partial charge on any atom is -0.324 e. The molecule has 0 aliphatic carbocycles. The van der Waals surface area contributed by atoms with Gasteiger partial charge < -0.3 is 11.1 Å². The summed E-state index contributed by atoms with van der Waals surface area (Å²) in [6, 6.07) is 15.8. The van der Waals surface area contributed by atoms with Gasteiger partial charge in [-0.15, -0.1) is 12.4 Å². The van der Waals surface area contributed by atoms with E-state index < -0.39 is 6.04 Å². The molecule has 2 aromatic rings. The number of hydrogen-bond donors (Lipinski definition) is 2. The second-order valence-electron chi connectivity index (χ2n) is 5.28. The van der Waals surface area contributed by atoms with Crippen LogP contribution in [0.5, 0.6) is 0 Å². The molecule has 2 aromatic carbocycles. The fourth-order valence-electron chi connectivity index (χ4n) is 2.13. The molecular formula is C18H23ClN2OS. The number of rotatable bonds is 6. The van der Waals surface area contributed by atoms with E-state index in [9.17, 15) is 4.79 Å². The summed E-state index contributed by atoms with van der Waals surface area (Å²) in [4.78, 5) is 14.3. The summed E-state index contributed by atoms with van der Waals surface area (Å²) in [7, 11) is 0. The van der Waals surface area contributed by atoms with E-state index in [1.807, 2.05) is 44.2 Å². The van der Waals surface area contributed by atoms with E-state index in [2.05, 4.69) is 23.5 Å². The van der Waals surface area contributed by atoms with Crippen LogP contribution in [0.3, 0.4) is 0 Å². The molecule has 5 heteroatoms. The predicted octanol–water partition coefficient (Wildman–Crippen LogP) is 4.63. The summed E-state index contributed by atoms with van der Waals surface area (Å²) < 4.78 is 0. The van der Waals surface area contributed by atoms with Crippen molar-refractivity contribution in [1.29, 1.82) is 0 Å². The topological polar surface area (TPSA) is 55.1 Å². The smallest absolute Gasteiger partial charge is 0.241 e. The Morgan fingerprint density at radius 2 is 1.87 bits per heavy atom. The van der Waals surface area contributed by atoms with E-state index in [-0.39, 0.29) is 18.3 Å². The Morgan fingerprint density at radius 1 is 1.17 bits per heavy atom. The number of carbonyl (C=O) groups is 1. The van der Waals surface area contributed by atoms with Crippen molar-refractivity contribution in [3.05, 3.63) is 54.1 Å². The van der Waals surface area contributed by atoms with Gasteiger partial charge in [0.05, 0.1) is 6.04 Å². The first-order chi connectivity index (χ1) is 10.6. The maximum atomic E-state index is 12.0. The molecule has 0 bridgehead atoms. The van der Waals surface area contributed by atoms with E-state index in [1.165, 1.54) is 4.90 Å². The van der Waals surface area contributed by atoms with Crippen molar-refractivity contribution in [3.8, 4) is 0 Å². The van der Waals surface area contributed by atoms with Gasteiger partial charge >= 0.3 is 0 Å². The molecule has 0 aromatic heterocycles. The van der Waals surface area contributed by atoms with Gasteiger partial charge in [0, 0.05) is 15.5 Å². The fourth-order valence-corrected chi connectivity index (χ4v) is 3.07. The lowest BCUT2D eigenvalue weighted by Gasteiger charge is -2.14. The van der Waals surface area contributed by atoms with E-state index >= 15 is 0 Å². The van der Waals surface area contributed by atoms with Crippen LogP contribution in [0.2, 0.25) is 0 Å². The fraction of sp³-hybridized carbons (Fsp3) is 0.278. The standard InChI is InChI=1S/C18H22N2OS.ClH/c1-3-7-16(19)18(21)20-17-11-10-15(12-13(17)2)22-14-8-5-4-6-9-14;/h4-6,8-12,16H,3,7,19H2,1-2H3,(H,20,21);1H. The molecule has 0 radical (unpaired) electrons. The van der Waals surface area contributed by atoms with Gasteiger partial charge in [0.2, 0.25) is 5.91 Å². The number of nitrogens with one attached hydrogen (secondary N) is 1. The lowest BCUT2D eigenvalue weighted by molar-refractivity contribution is -0.117. The monoisotopic (exact) mass is 350 g/mol. The SMILES string of the molecule is CCCC(N)C(=O)Nc1ccc(Sc2ccccc2)cc1C.Cl. The molecule has 2 rings (SSSR count). The highest BCUT2D eigenvalue weighted by Gasteiger charge is 2.13. The Balaban J connectivity index is 0.00000264. The van der Waals surface area contributed by atoms with Crippen LogP contribution in [0, 0.1) is 6.92 Å². The summed E-state index contributed by atoms with van der Waals surface area (Å²) in [5.41, 5.74) is 7.71. The maximum Gasteiger partial charge on any atom is 0.241 e. The third-order valence-electron chi connectivity index (χ3n) is 3.37. The lowest BCUT2D eigenvalue weighted by atomic mass is 10.1. The lowest BCUT2D eigenvalue weighted by Crippen LogP contribution is -2.35. The van der Waals surface area contributed by atoms with Gasteiger partial charge in [-0.25, -0.2) is 0 Å². The van der Waals surface area contributed by atoms with Crippen molar-refractivity contribution in [1.82, 2.24) is 0 Å². The molecule has 23 heavy (non-hydrogen) atoms. The van der Waals surface area contributed by atoms with Crippen molar-refractivity contribution >= 4 is 35.8 Å². The molecule has 0 aliphatic heterocycles. The number of amides is 1. The molecule has 0 heterocycles. The van der Waals surface area contributed by atoms with Crippen LogP contribution < -0.4 is 11.1 Å². The predicted molar refractivity (Wildman–Crippen MR) is 101 cm³/mol. The molecule has 1 amide bonds. The number of hydrogen-bond acceptors (Lipinski definition) is 3. The van der Waals surface area contributed by atoms with Crippen LogP contribution in [0.15, 0.2) is 58.3 Å². The van der Waals surface area contributed by atoms with Crippen molar-refractivity contribution in [2.75, 3.05) is 5.32 Å². The molecule has 0 saturated heterocycles. The number of benzene rings is 2. The molecule has 1 unspecified atom stereocenters. The second kappa shape index (κ2) is 9.60. The highest BCUT2D eigenvalue weighted by Crippen LogP contribution is 2.30. The molecule has 0 aliphatic rings. The van der Waals surface area contributed by atoms with Crippen molar-refractivity contribution in [3.63, 3.8) is 0 Å². The highest BCUT2D eigenvalue weighted by molar-refractivity contribution is 7.99. The van der Waals surface area contributed by atoms with Crippen LogP contribution in [-0.4, -0.2) is 11.9 Å². The summed E-state index contributed by atoms with van der Waals surface area (Å²) in [5.74, 6) is -0.117. The largest absolute Gasteiger partial charge is 0.324 e. The highest BCUT2D eigenvalue weighted by atomic mass is 35.5. The van der Waals surface area contributed by atoms with Gasteiger partial charge in [-0.2, -0.15) is 0 Å². The quantitative estimate of drug-likeness (QED) is 0.798. The number of aryl methyl sites for hydroxylation is 1. The van der Waals surface area contributed by atoms with Crippen LogP contribution in [-0.2, 0) is 4.79 Å². The zero-order valence-corrected chi connectivity index (χ0v) is 15.0. The zero-order valence-electron chi connectivity index (χ0n) is 13.4. The van der Waals surface area contributed by atoms with Crippen molar-refractivity contribution in [2.24, 2.45) is 5.73 Å². The number of halogens is 1. The van der Waals surface area contributed by atoms with Crippen LogP contribution in [0.25, 0.3) is 0 Å². The summed E-state index contributed by atoms with van der Waals surface area (Å²) in [6.07, 6.45) is 1.60. The average molecular weight is 351 g/mol. The Bertz CT molecular complexity index is 634. The van der Waals surface area contributed by atoms with E-state index in [0.29, 0.717) is 6.42 Å². The van der Waals surface area contributed by atoms with Crippen molar-refractivity contribution < 1.29 is 4.79 Å². The summed E-state index contributed by atoms with van der Waals surface area (Å²) in [5, 5.41) is 2.91. The molecule has 3 nitrogen and oxygen atoms in total. The van der Waals surface area contributed by atoms with Crippen LogP contribution >= 0.6 is 24.2 Å². The first-order valence-electron chi connectivity index (χ1n) is 7.50. The average Bonchev–Trinajstić information content (AvgIpc) is 2.51. The Morgan fingerprint density at radius 3 is 2.48 bits per heavy atom. The Labute approximate surface area is 148 Å². The minimum absolute atomic E-state index is 0. The molecule has 0 spiro atoms. The van der Waals surface area contributed by atoms with Gasteiger partial charge in [0.15, 0.2) is 0 Å². The third kappa shape index (κ3) is 5.90. The second-order valence-corrected chi connectivity index (χ2v) is 6.42. The normalized spacial score (nSPS) is 11.4. The van der Waals surface area contributed by atoms with E-state index in [4.69, 9.17) is 5.73 Å². The van der Waals surface area contributed by atoms with E-state index in [0.717, 1.165) is 22.6 Å². The van der Waals surface area contributed by atoms with Gasteiger partial charge in [-0.1, -0.05) is 43.3 Å². The van der Waals surface area contributed by atoms with Crippen LogP contribution in [0.4, 0.5) is 5.69 Å². The molecule has 1 atom stereocenters. The number of nitrogens with two attached hydrogens (primary N) is 1. The molecule has 3 N–H and O–H groups in total. The van der Waals surface area contributed by atoms with Crippen LogP contribution in [0.1, 0.15) is 25.3 Å². The first-order valence-corrected chi connectivity index (χ1v) is 8.31. The van der Waals surface area contributed by atoms with Gasteiger partial charge in [-0.3, -0.25) is 4.79 Å². The van der Waals surface area contributed by atoms with Gasteiger partial charge in [0.1, 0.15) is 0 Å². The maximum absolute atomic E-state index is 12.0. The Kier molecular flexibility index (Phi) is 8.17. The number of anilines is 1. The molecule has 0 saturated carbocycles. The number of carbonyl (C=O) groups excluding carboxylic acids is 1.